The Labute approximate surface area is 126 Å². The van der Waals surface area contributed by atoms with E-state index in [-0.39, 0.29) is 5.29 Å². The normalized spacial score (nSPS) is 17.1. The molecule has 7 heteroatoms. The summed E-state index contributed by atoms with van der Waals surface area (Å²) in [6, 6.07) is 7.84. The highest BCUT2D eigenvalue weighted by molar-refractivity contribution is 6.67. The predicted molar refractivity (Wildman–Crippen MR) is 79.8 cm³/mol. The Morgan fingerprint density at radius 2 is 2.10 bits per heavy atom. The summed E-state index contributed by atoms with van der Waals surface area (Å²) < 4.78 is 7.09. The largest absolute Gasteiger partial charge is 0.497 e. The molecule has 104 valence electrons. The fourth-order valence-corrected chi connectivity index (χ4v) is 2.65. The topological polar surface area (TPSA) is 51.4 Å². The Morgan fingerprint density at radius 1 is 1.35 bits per heavy atom. The van der Waals surface area contributed by atoms with E-state index in [0.29, 0.717) is 12.4 Å². The van der Waals surface area contributed by atoms with Crippen molar-refractivity contribution in [2.45, 2.75) is 12.0 Å². The number of hydrogen-bond acceptors (Lipinski definition) is 4. The van der Waals surface area contributed by atoms with Crippen LogP contribution in [0, 0.1) is 0 Å². The van der Waals surface area contributed by atoms with Gasteiger partial charge in [0, 0.05) is 6.54 Å². The fraction of sp³-hybridized carbons (Fsp3) is 0.231. The van der Waals surface area contributed by atoms with Gasteiger partial charge in [0.15, 0.2) is 16.6 Å². The maximum Gasteiger partial charge on any atom is 0.198 e. The highest BCUT2D eigenvalue weighted by atomic mass is 35.5. The molecule has 1 aliphatic rings. The molecule has 2 aromatic rings. The Morgan fingerprint density at radius 3 is 2.80 bits per heavy atom. The van der Waals surface area contributed by atoms with Crippen LogP contribution in [0.3, 0.4) is 0 Å². The monoisotopic (exact) mass is 310 g/mol. The molecule has 0 spiro atoms. The average molecular weight is 311 g/mol. The number of halogens is 2. The predicted octanol–water partition coefficient (Wildman–Crippen LogP) is 3.20. The first-order valence-corrected chi connectivity index (χ1v) is 6.81. The number of benzene rings is 1. The minimum Gasteiger partial charge on any atom is -0.497 e. The van der Waals surface area contributed by atoms with E-state index in [1.54, 1.807) is 13.4 Å². The van der Waals surface area contributed by atoms with Crippen LogP contribution in [0.15, 0.2) is 35.6 Å². The van der Waals surface area contributed by atoms with Crippen LogP contribution in [-0.4, -0.2) is 22.0 Å². The summed E-state index contributed by atoms with van der Waals surface area (Å²) in [5, 5.41) is 3.15. The molecule has 0 bridgehead atoms. The van der Waals surface area contributed by atoms with Crippen LogP contribution >= 0.6 is 23.2 Å². The summed E-state index contributed by atoms with van der Waals surface area (Å²) in [5.41, 5.74) is 1.40. The number of alkyl halides is 1. The number of nitrogens with zero attached hydrogens (tertiary/aromatic N) is 3. The quantitative estimate of drug-likeness (QED) is 0.699. The third-order valence-electron chi connectivity index (χ3n) is 3.06. The van der Waals surface area contributed by atoms with E-state index in [2.05, 4.69) is 15.3 Å². The van der Waals surface area contributed by atoms with Crippen LogP contribution in [0.5, 0.6) is 5.75 Å². The second-order valence-electron chi connectivity index (χ2n) is 4.34. The average Bonchev–Trinajstić information content (AvgIpc) is 2.82. The highest BCUT2D eigenvalue weighted by Gasteiger charge is 2.24. The zero-order chi connectivity index (χ0) is 14.1. The third-order valence-corrected chi connectivity index (χ3v) is 3.56. The molecule has 1 aromatic heterocycles. The lowest BCUT2D eigenvalue weighted by molar-refractivity contribution is 0.414. The molecule has 1 aromatic carbocycles. The van der Waals surface area contributed by atoms with Crippen molar-refractivity contribution in [2.75, 3.05) is 12.4 Å². The van der Waals surface area contributed by atoms with Crippen LogP contribution in [0.4, 0.5) is 5.82 Å². The Balaban J connectivity index is 1.86. The lowest BCUT2D eigenvalue weighted by Gasteiger charge is -2.17. The SMILES string of the molecule is COc1ccc(Cn2cnc3c2C(Cl)N=C(Cl)N3)cc1. The van der Waals surface area contributed by atoms with Crippen molar-refractivity contribution in [2.24, 2.45) is 4.99 Å². The Hall–Kier alpha value is -1.72. The number of rotatable bonds is 3. The Kier molecular flexibility index (Phi) is 3.54. The molecule has 1 atom stereocenters. The molecule has 3 rings (SSSR count). The van der Waals surface area contributed by atoms with Gasteiger partial charge in [-0.15, -0.1) is 0 Å². The molecule has 0 fully saturated rings. The van der Waals surface area contributed by atoms with Crippen LogP contribution in [-0.2, 0) is 6.54 Å². The van der Waals surface area contributed by atoms with Crippen molar-refractivity contribution in [1.82, 2.24) is 9.55 Å². The molecule has 1 aliphatic heterocycles. The Bertz CT molecular complexity index is 651. The molecule has 5 nitrogen and oxygen atoms in total. The fourth-order valence-electron chi connectivity index (χ4n) is 2.08. The van der Waals surface area contributed by atoms with Gasteiger partial charge in [-0.25, -0.2) is 9.98 Å². The zero-order valence-corrected chi connectivity index (χ0v) is 12.2. The standard InChI is InChI=1S/C13H12Cl2N4O/c1-20-9-4-2-8(3-5-9)6-19-7-16-12-10(19)11(14)17-13(15)18-12/h2-5,7,11H,6H2,1H3,(H,17,18). The number of methoxy groups -OCH3 is 1. The van der Waals surface area contributed by atoms with Crippen LogP contribution in [0.25, 0.3) is 0 Å². The van der Waals surface area contributed by atoms with Crippen LogP contribution in [0.2, 0.25) is 0 Å². The van der Waals surface area contributed by atoms with Crippen molar-refractivity contribution in [3.63, 3.8) is 0 Å². The number of hydrogen-bond donors (Lipinski definition) is 1. The molecule has 1 N–H and O–H groups in total. The number of anilines is 1. The van der Waals surface area contributed by atoms with E-state index in [0.717, 1.165) is 17.0 Å². The van der Waals surface area contributed by atoms with E-state index < -0.39 is 5.50 Å². The van der Waals surface area contributed by atoms with Crippen molar-refractivity contribution >= 4 is 34.3 Å². The van der Waals surface area contributed by atoms with E-state index in [4.69, 9.17) is 27.9 Å². The smallest absolute Gasteiger partial charge is 0.198 e. The zero-order valence-electron chi connectivity index (χ0n) is 10.7. The van der Waals surface area contributed by atoms with Crippen molar-refractivity contribution < 1.29 is 4.74 Å². The number of imidazole rings is 1. The van der Waals surface area contributed by atoms with Gasteiger partial charge in [-0.05, 0) is 29.3 Å². The van der Waals surface area contributed by atoms with Gasteiger partial charge in [0.2, 0.25) is 0 Å². The third kappa shape index (κ3) is 2.46. The van der Waals surface area contributed by atoms with Gasteiger partial charge in [-0.2, -0.15) is 0 Å². The van der Waals surface area contributed by atoms with E-state index in [1.807, 2.05) is 28.8 Å². The summed E-state index contributed by atoms with van der Waals surface area (Å²) in [7, 11) is 1.65. The molecule has 20 heavy (non-hydrogen) atoms. The first-order valence-electron chi connectivity index (χ1n) is 5.99. The molecule has 1 unspecified atom stereocenters. The van der Waals surface area contributed by atoms with Gasteiger partial charge in [0.05, 0.1) is 13.4 Å². The first-order chi connectivity index (χ1) is 9.67. The molecule has 0 radical (unpaired) electrons. The maximum absolute atomic E-state index is 6.21. The van der Waals surface area contributed by atoms with Crippen LogP contribution < -0.4 is 10.1 Å². The summed E-state index contributed by atoms with van der Waals surface area (Å²) in [5.74, 6) is 1.48. The van der Waals surface area contributed by atoms with Gasteiger partial charge in [-0.3, -0.25) is 0 Å². The maximum atomic E-state index is 6.21. The van der Waals surface area contributed by atoms with Gasteiger partial charge in [-0.1, -0.05) is 23.7 Å². The summed E-state index contributed by atoms with van der Waals surface area (Å²) >= 11 is 12.0. The lowest BCUT2D eigenvalue weighted by Crippen LogP contribution is -2.16. The number of fused-ring (bicyclic) bond motifs is 1. The number of aromatic nitrogens is 2. The number of aliphatic imine (C=N–C) groups is 1. The summed E-state index contributed by atoms with van der Waals surface area (Å²) in [6.45, 7) is 0.657. The van der Waals surface area contributed by atoms with Gasteiger partial charge in [0.25, 0.3) is 0 Å². The van der Waals surface area contributed by atoms with Crippen molar-refractivity contribution in [1.29, 1.82) is 0 Å². The first kappa shape index (κ1) is 13.3. The number of amidine groups is 1. The molecule has 0 amide bonds. The second-order valence-corrected chi connectivity index (χ2v) is 5.11. The molecular weight excluding hydrogens is 299 g/mol. The van der Waals surface area contributed by atoms with Crippen molar-refractivity contribution in [3.05, 3.63) is 41.9 Å². The van der Waals surface area contributed by atoms with Gasteiger partial charge in [0.1, 0.15) is 11.4 Å². The van der Waals surface area contributed by atoms with Crippen molar-refractivity contribution in [3.8, 4) is 5.75 Å². The van der Waals surface area contributed by atoms with E-state index >= 15 is 0 Å². The number of ether oxygens (including phenoxy) is 1. The molecule has 0 saturated heterocycles. The molecule has 2 heterocycles. The summed E-state index contributed by atoms with van der Waals surface area (Å²) in [6.07, 6.45) is 1.72. The van der Waals surface area contributed by atoms with E-state index in [1.165, 1.54) is 0 Å². The molecular formula is C13H12Cl2N4O. The minimum atomic E-state index is -0.528. The highest BCUT2D eigenvalue weighted by Crippen LogP contribution is 2.33. The summed E-state index contributed by atoms with van der Waals surface area (Å²) in [4.78, 5) is 8.35. The number of nitrogens with one attached hydrogen (secondary N) is 1. The molecule has 0 aliphatic carbocycles. The second kappa shape index (κ2) is 5.34. The minimum absolute atomic E-state index is 0.257. The van der Waals surface area contributed by atoms with Crippen LogP contribution in [0.1, 0.15) is 16.8 Å². The lowest BCUT2D eigenvalue weighted by atomic mass is 10.2. The molecule has 0 saturated carbocycles. The van der Waals surface area contributed by atoms with Gasteiger partial charge >= 0.3 is 0 Å². The van der Waals surface area contributed by atoms with E-state index in [9.17, 15) is 0 Å². The van der Waals surface area contributed by atoms with Gasteiger partial charge < -0.3 is 14.6 Å².